The quantitative estimate of drug-likeness (QED) is 0.557. The van der Waals surface area contributed by atoms with Gasteiger partial charge in [-0.15, -0.1) is 0 Å². The molecule has 0 fully saturated rings. The van der Waals surface area contributed by atoms with Crippen LogP contribution in [0.1, 0.15) is 39.5 Å². The normalized spacial score (nSPS) is 17.0. The van der Waals surface area contributed by atoms with Crippen molar-refractivity contribution in [2.45, 2.75) is 39.5 Å². The number of hydrogen-bond donors (Lipinski definition) is 0. The van der Waals surface area contributed by atoms with Gasteiger partial charge in [-0.05, 0) is 19.3 Å². The third kappa shape index (κ3) is 1.73. The fourth-order valence-electron chi connectivity index (χ4n) is 1.38. The standard InChI is InChI=1S/C10H16/c1-3-5-10-7-6-9(4-2)8-10/h6-7H,3-5,8H2,1-2H3. The molecule has 0 bridgehead atoms. The molecule has 0 amide bonds. The van der Waals surface area contributed by atoms with Crippen molar-refractivity contribution in [3.63, 3.8) is 0 Å². The molecule has 0 aromatic carbocycles. The molecule has 0 heterocycles. The molecule has 1 rings (SSSR count). The number of rotatable bonds is 3. The Labute approximate surface area is 63.6 Å². The Kier molecular flexibility index (Phi) is 2.73. The lowest BCUT2D eigenvalue weighted by atomic mass is 10.1. The summed E-state index contributed by atoms with van der Waals surface area (Å²) >= 11 is 0. The summed E-state index contributed by atoms with van der Waals surface area (Å²) in [4.78, 5) is 0. The molecule has 0 radical (unpaired) electrons. The molecule has 56 valence electrons. The molecule has 0 aromatic heterocycles. The van der Waals surface area contributed by atoms with Crippen LogP contribution in [0.15, 0.2) is 23.3 Å². The zero-order chi connectivity index (χ0) is 7.40. The largest absolute Gasteiger partial charge is 0.0664 e. The van der Waals surface area contributed by atoms with Crippen molar-refractivity contribution in [3.8, 4) is 0 Å². The predicted octanol–water partition coefficient (Wildman–Crippen LogP) is 3.45. The molecule has 0 heteroatoms. The highest BCUT2D eigenvalue weighted by atomic mass is 14.1. The molecule has 0 aromatic rings. The molecule has 1 aliphatic rings. The molecule has 0 N–H and O–H groups in total. The first kappa shape index (κ1) is 7.59. The van der Waals surface area contributed by atoms with Crippen LogP contribution in [-0.2, 0) is 0 Å². The van der Waals surface area contributed by atoms with Gasteiger partial charge in [0.15, 0.2) is 0 Å². The summed E-state index contributed by atoms with van der Waals surface area (Å²) in [5, 5.41) is 0. The van der Waals surface area contributed by atoms with Crippen LogP contribution in [0.5, 0.6) is 0 Å². The van der Waals surface area contributed by atoms with Crippen molar-refractivity contribution >= 4 is 0 Å². The Morgan fingerprint density at radius 2 is 1.90 bits per heavy atom. The van der Waals surface area contributed by atoms with Crippen LogP contribution in [0.3, 0.4) is 0 Å². The summed E-state index contributed by atoms with van der Waals surface area (Å²) in [6.45, 7) is 4.47. The summed E-state index contributed by atoms with van der Waals surface area (Å²) in [6.07, 6.45) is 9.64. The van der Waals surface area contributed by atoms with Crippen molar-refractivity contribution in [2.24, 2.45) is 0 Å². The predicted molar refractivity (Wildman–Crippen MR) is 46.0 cm³/mol. The number of hydrogen-bond acceptors (Lipinski definition) is 0. The van der Waals surface area contributed by atoms with Crippen LogP contribution in [0.25, 0.3) is 0 Å². The average molecular weight is 136 g/mol. The maximum atomic E-state index is 2.29. The lowest BCUT2D eigenvalue weighted by Crippen LogP contribution is -1.80. The average Bonchev–Trinajstić information content (AvgIpc) is 2.37. The minimum atomic E-state index is 1.23. The van der Waals surface area contributed by atoms with Gasteiger partial charge in [-0.1, -0.05) is 43.6 Å². The van der Waals surface area contributed by atoms with E-state index in [1.54, 1.807) is 11.1 Å². The fourth-order valence-corrected chi connectivity index (χ4v) is 1.38. The smallest absolute Gasteiger partial charge is 0.0102 e. The van der Waals surface area contributed by atoms with Gasteiger partial charge in [-0.25, -0.2) is 0 Å². The van der Waals surface area contributed by atoms with E-state index in [-0.39, 0.29) is 0 Å². The van der Waals surface area contributed by atoms with E-state index in [0.717, 1.165) is 0 Å². The second-order valence-electron chi connectivity index (χ2n) is 2.93. The van der Waals surface area contributed by atoms with Gasteiger partial charge in [0.05, 0.1) is 0 Å². The van der Waals surface area contributed by atoms with E-state index in [2.05, 4.69) is 26.0 Å². The minimum Gasteiger partial charge on any atom is -0.0664 e. The second-order valence-corrected chi connectivity index (χ2v) is 2.93. The zero-order valence-electron chi connectivity index (χ0n) is 6.98. The van der Waals surface area contributed by atoms with Gasteiger partial charge in [0.25, 0.3) is 0 Å². The van der Waals surface area contributed by atoms with Gasteiger partial charge >= 0.3 is 0 Å². The summed E-state index contributed by atoms with van der Waals surface area (Å²) in [5.41, 5.74) is 3.22. The lowest BCUT2D eigenvalue weighted by Gasteiger charge is -1.99. The lowest BCUT2D eigenvalue weighted by molar-refractivity contribution is 0.864. The molecule has 0 saturated carbocycles. The van der Waals surface area contributed by atoms with Gasteiger partial charge in [0, 0.05) is 0 Å². The summed E-state index contributed by atoms with van der Waals surface area (Å²) in [6, 6.07) is 0. The van der Waals surface area contributed by atoms with Gasteiger partial charge in [-0.2, -0.15) is 0 Å². The van der Waals surface area contributed by atoms with Crippen LogP contribution in [0.4, 0.5) is 0 Å². The van der Waals surface area contributed by atoms with Gasteiger partial charge in [0.1, 0.15) is 0 Å². The molecule has 10 heavy (non-hydrogen) atoms. The summed E-state index contributed by atoms with van der Waals surface area (Å²) in [5.74, 6) is 0. The monoisotopic (exact) mass is 136 g/mol. The first-order valence-corrected chi connectivity index (χ1v) is 4.24. The first-order valence-electron chi connectivity index (χ1n) is 4.24. The third-order valence-corrected chi connectivity index (χ3v) is 2.03. The highest BCUT2D eigenvalue weighted by Crippen LogP contribution is 2.24. The van der Waals surface area contributed by atoms with Crippen LogP contribution in [0, 0.1) is 0 Å². The molecular formula is C10H16. The molecule has 0 saturated heterocycles. The maximum Gasteiger partial charge on any atom is -0.0102 e. The minimum absolute atomic E-state index is 1.23. The highest BCUT2D eigenvalue weighted by molar-refractivity contribution is 5.29. The number of allylic oxidation sites excluding steroid dienone is 4. The Morgan fingerprint density at radius 1 is 1.20 bits per heavy atom. The molecule has 0 spiro atoms. The Hall–Kier alpha value is -0.520. The van der Waals surface area contributed by atoms with E-state index in [1.807, 2.05) is 0 Å². The van der Waals surface area contributed by atoms with Crippen molar-refractivity contribution in [1.82, 2.24) is 0 Å². The Bertz CT molecular complexity index is 161. The Morgan fingerprint density at radius 3 is 2.40 bits per heavy atom. The van der Waals surface area contributed by atoms with E-state index in [0.29, 0.717) is 0 Å². The topological polar surface area (TPSA) is 0 Å². The van der Waals surface area contributed by atoms with E-state index in [9.17, 15) is 0 Å². The van der Waals surface area contributed by atoms with E-state index >= 15 is 0 Å². The molecular weight excluding hydrogens is 120 g/mol. The molecule has 1 aliphatic carbocycles. The van der Waals surface area contributed by atoms with Crippen molar-refractivity contribution < 1.29 is 0 Å². The van der Waals surface area contributed by atoms with E-state index in [4.69, 9.17) is 0 Å². The Balaban J connectivity index is 2.33. The van der Waals surface area contributed by atoms with Gasteiger partial charge < -0.3 is 0 Å². The molecule has 0 unspecified atom stereocenters. The van der Waals surface area contributed by atoms with E-state index in [1.165, 1.54) is 25.7 Å². The van der Waals surface area contributed by atoms with Crippen LogP contribution in [0.2, 0.25) is 0 Å². The maximum absolute atomic E-state index is 2.29. The van der Waals surface area contributed by atoms with Crippen LogP contribution >= 0.6 is 0 Å². The first-order chi connectivity index (χ1) is 4.86. The zero-order valence-corrected chi connectivity index (χ0v) is 6.98. The highest BCUT2D eigenvalue weighted by Gasteiger charge is 2.04. The second kappa shape index (κ2) is 3.60. The fraction of sp³-hybridized carbons (Fsp3) is 0.600. The molecule has 0 nitrogen and oxygen atoms in total. The van der Waals surface area contributed by atoms with Gasteiger partial charge in [0.2, 0.25) is 0 Å². The van der Waals surface area contributed by atoms with E-state index < -0.39 is 0 Å². The third-order valence-electron chi connectivity index (χ3n) is 2.03. The summed E-state index contributed by atoms with van der Waals surface area (Å²) in [7, 11) is 0. The molecule has 0 aliphatic heterocycles. The SMILES string of the molecule is CCCC1=CC=C(CC)C1. The van der Waals surface area contributed by atoms with Crippen molar-refractivity contribution in [2.75, 3.05) is 0 Å². The van der Waals surface area contributed by atoms with Crippen molar-refractivity contribution in [1.29, 1.82) is 0 Å². The molecule has 0 atom stereocenters. The van der Waals surface area contributed by atoms with Crippen LogP contribution in [-0.4, -0.2) is 0 Å². The van der Waals surface area contributed by atoms with Crippen LogP contribution < -0.4 is 0 Å². The summed E-state index contributed by atoms with van der Waals surface area (Å²) < 4.78 is 0. The van der Waals surface area contributed by atoms with Crippen molar-refractivity contribution in [3.05, 3.63) is 23.3 Å². The van der Waals surface area contributed by atoms with Gasteiger partial charge in [-0.3, -0.25) is 0 Å².